The molecule has 0 atom stereocenters. The Morgan fingerprint density at radius 2 is 1.50 bits per heavy atom. The number of rotatable bonds is 4. The molecule has 4 aromatic rings. The number of aryl methyl sites for hydroxylation is 2. The van der Waals surface area contributed by atoms with Crippen LogP contribution in [0, 0.1) is 13.8 Å². The summed E-state index contributed by atoms with van der Waals surface area (Å²) in [5, 5.41) is 0.498. The molecule has 3 amide bonds. The lowest BCUT2D eigenvalue weighted by atomic mass is 10.1. The number of carbonyl (C=O) groups excluding carboxylic acids is 3. The van der Waals surface area contributed by atoms with E-state index in [1.165, 1.54) is 16.2 Å². The molecule has 5 rings (SSSR count). The number of fused-ring (bicyclic) bond motifs is 2. The molecule has 0 saturated heterocycles. The van der Waals surface area contributed by atoms with Crippen LogP contribution in [-0.2, 0) is 4.79 Å². The van der Waals surface area contributed by atoms with E-state index >= 15 is 0 Å². The van der Waals surface area contributed by atoms with Crippen LogP contribution in [0.15, 0.2) is 66.7 Å². The Labute approximate surface area is 188 Å². The van der Waals surface area contributed by atoms with Crippen LogP contribution in [0.3, 0.4) is 0 Å². The number of nitrogens with zero attached hydrogens (tertiary/aromatic N) is 3. The van der Waals surface area contributed by atoms with E-state index in [0.29, 0.717) is 21.9 Å². The van der Waals surface area contributed by atoms with E-state index in [9.17, 15) is 14.4 Å². The minimum Gasteiger partial charge on any atom is -0.272 e. The Hall–Kier alpha value is -3.84. The number of benzene rings is 3. The highest BCUT2D eigenvalue weighted by atomic mass is 32.1. The molecular weight excluding hydrogens is 422 g/mol. The van der Waals surface area contributed by atoms with Gasteiger partial charge in [0.05, 0.1) is 27.0 Å². The minimum atomic E-state index is -0.455. The van der Waals surface area contributed by atoms with Crippen molar-refractivity contribution in [2.24, 2.45) is 0 Å². The molecule has 0 spiro atoms. The predicted molar refractivity (Wildman–Crippen MR) is 124 cm³/mol. The molecule has 0 N–H and O–H groups in total. The van der Waals surface area contributed by atoms with Gasteiger partial charge >= 0.3 is 0 Å². The second-order valence-corrected chi connectivity index (χ2v) is 8.79. The molecule has 0 aliphatic carbocycles. The largest absolute Gasteiger partial charge is 0.272 e. The van der Waals surface area contributed by atoms with Gasteiger partial charge in [0.2, 0.25) is 0 Å². The van der Waals surface area contributed by atoms with Crippen molar-refractivity contribution >= 4 is 50.1 Å². The van der Waals surface area contributed by atoms with E-state index in [-0.39, 0.29) is 6.54 Å². The van der Waals surface area contributed by atoms with Gasteiger partial charge in [0, 0.05) is 0 Å². The van der Waals surface area contributed by atoms with Crippen molar-refractivity contribution in [2.45, 2.75) is 13.8 Å². The van der Waals surface area contributed by atoms with Crippen molar-refractivity contribution in [3.8, 4) is 0 Å². The van der Waals surface area contributed by atoms with E-state index in [1.807, 2.05) is 56.3 Å². The number of imide groups is 1. The number of para-hydroxylation sites is 1. The maximum Gasteiger partial charge on any atom is 0.262 e. The summed E-state index contributed by atoms with van der Waals surface area (Å²) in [6.45, 7) is 3.55. The summed E-state index contributed by atoms with van der Waals surface area (Å²) < 4.78 is 0.949. The molecule has 0 radical (unpaired) electrons. The molecule has 1 aliphatic heterocycles. The summed E-state index contributed by atoms with van der Waals surface area (Å²) in [6, 6.07) is 20.1. The molecule has 2 heterocycles. The molecule has 32 heavy (non-hydrogen) atoms. The Balaban J connectivity index is 1.55. The smallest absolute Gasteiger partial charge is 0.262 e. The quantitative estimate of drug-likeness (QED) is 0.424. The van der Waals surface area contributed by atoms with Crippen LogP contribution in [0.1, 0.15) is 31.8 Å². The maximum absolute atomic E-state index is 13.6. The summed E-state index contributed by atoms with van der Waals surface area (Å²) in [5.41, 5.74) is 4.09. The molecule has 0 unspecified atom stereocenters. The zero-order chi connectivity index (χ0) is 22.4. The monoisotopic (exact) mass is 441 g/mol. The van der Waals surface area contributed by atoms with E-state index < -0.39 is 17.7 Å². The Kier molecular flexibility index (Phi) is 4.83. The fourth-order valence-electron chi connectivity index (χ4n) is 3.99. The Bertz CT molecular complexity index is 1320. The van der Waals surface area contributed by atoms with Crippen LogP contribution < -0.4 is 4.90 Å². The van der Waals surface area contributed by atoms with Crippen LogP contribution in [-0.4, -0.2) is 34.2 Å². The number of thiazole rings is 1. The zero-order valence-corrected chi connectivity index (χ0v) is 18.3. The fraction of sp³-hybridized carbons (Fsp3) is 0.120. The van der Waals surface area contributed by atoms with Gasteiger partial charge in [-0.05, 0) is 61.4 Å². The molecular formula is C25H19N3O3S. The van der Waals surface area contributed by atoms with Gasteiger partial charge in [-0.2, -0.15) is 0 Å². The first-order chi connectivity index (χ1) is 15.4. The summed E-state index contributed by atoms with van der Waals surface area (Å²) in [5.74, 6) is -1.31. The number of anilines is 2. The van der Waals surface area contributed by atoms with E-state index in [2.05, 4.69) is 4.98 Å². The first-order valence-electron chi connectivity index (χ1n) is 10.1. The third kappa shape index (κ3) is 3.36. The topological polar surface area (TPSA) is 70.6 Å². The summed E-state index contributed by atoms with van der Waals surface area (Å²) >= 11 is 1.39. The fourth-order valence-corrected chi connectivity index (χ4v) is 4.99. The molecule has 1 aromatic heterocycles. The molecule has 7 heteroatoms. The average molecular weight is 442 g/mol. The number of aromatic nitrogens is 1. The van der Waals surface area contributed by atoms with Gasteiger partial charge in [-0.1, -0.05) is 41.7 Å². The predicted octanol–water partition coefficient (Wildman–Crippen LogP) is 4.87. The highest BCUT2D eigenvalue weighted by Gasteiger charge is 2.37. The molecule has 0 bridgehead atoms. The van der Waals surface area contributed by atoms with Gasteiger partial charge in [0.25, 0.3) is 17.7 Å². The number of hydrogen-bond acceptors (Lipinski definition) is 5. The van der Waals surface area contributed by atoms with Crippen molar-refractivity contribution in [1.29, 1.82) is 0 Å². The normalized spacial score (nSPS) is 13.0. The molecule has 1 aliphatic rings. The van der Waals surface area contributed by atoms with Gasteiger partial charge in [0.1, 0.15) is 6.54 Å². The third-order valence-electron chi connectivity index (χ3n) is 5.36. The van der Waals surface area contributed by atoms with E-state index in [0.717, 1.165) is 26.2 Å². The first-order valence-corrected chi connectivity index (χ1v) is 11.0. The molecule has 6 nitrogen and oxygen atoms in total. The van der Waals surface area contributed by atoms with Crippen molar-refractivity contribution < 1.29 is 14.4 Å². The van der Waals surface area contributed by atoms with E-state index in [1.54, 1.807) is 24.3 Å². The van der Waals surface area contributed by atoms with Crippen molar-refractivity contribution in [1.82, 2.24) is 9.88 Å². The zero-order valence-electron chi connectivity index (χ0n) is 17.5. The summed E-state index contributed by atoms with van der Waals surface area (Å²) in [4.78, 5) is 46.4. The molecule has 3 aromatic carbocycles. The SMILES string of the molecule is Cc1cc(C)cc(N(C(=O)CN2C(=O)c3ccccc3C2=O)c2nc3ccccc3s2)c1. The number of hydrogen-bond donors (Lipinski definition) is 0. The standard InChI is InChI=1S/C25H19N3O3S/c1-15-11-16(2)13-17(12-15)28(25-26-20-9-5-6-10-21(20)32-25)22(29)14-27-23(30)18-7-3-4-8-19(18)24(27)31/h3-13H,14H2,1-2H3. The van der Waals surface area contributed by atoms with E-state index in [4.69, 9.17) is 0 Å². The Morgan fingerprint density at radius 3 is 2.12 bits per heavy atom. The lowest BCUT2D eigenvalue weighted by molar-refractivity contribution is -0.118. The Morgan fingerprint density at radius 1 is 0.906 bits per heavy atom. The minimum absolute atomic E-state index is 0.322. The summed E-state index contributed by atoms with van der Waals surface area (Å²) in [6.07, 6.45) is 0. The van der Waals surface area contributed by atoms with Crippen molar-refractivity contribution in [3.63, 3.8) is 0 Å². The first kappa shape index (κ1) is 20.1. The molecule has 0 saturated carbocycles. The maximum atomic E-state index is 13.6. The van der Waals surface area contributed by atoms with Gasteiger partial charge in [0.15, 0.2) is 5.13 Å². The van der Waals surface area contributed by atoms with Gasteiger partial charge in [-0.25, -0.2) is 4.98 Å². The van der Waals surface area contributed by atoms with Crippen LogP contribution in [0.25, 0.3) is 10.2 Å². The number of carbonyl (C=O) groups is 3. The van der Waals surface area contributed by atoms with Crippen LogP contribution in [0.4, 0.5) is 10.8 Å². The molecule has 0 fully saturated rings. The highest BCUT2D eigenvalue weighted by molar-refractivity contribution is 7.22. The van der Waals surface area contributed by atoms with Gasteiger partial charge in [-0.3, -0.25) is 24.2 Å². The lowest BCUT2D eigenvalue weighted by Gasteiger charge is -2.23. The molecule has 158 valence electrons. The van der Waals surface area contributed by atoms with Crippen LogP contribution in [0.5, 0.6) is 0 Å². The average Bonchev–Trinajstić information content (AvgIpc) is 3.28. The lowest BCUT2D eigenvalue weighted by Crippen LogP contribution is -2.41. The van der Waals surface area contributed by atoms with Crippen molar-refractivity contribution in [2.75, 3.05) is 11.4 Å². The number of amides is 3. The van der Waals surface area contributed by atoms with Crippen molar-refractivity contribution in [3.05, 3.63) is 89.0 Å². The van der Waals surface area contributed by atoms with Gasteiger partial charge in [-0.15, -0.1) is 0 Å². The second kappa shape index (κ2) is 7.69. The summed E-state index contributed by atoms with van der Waals surface area (Å²) in [7, 11) is 0. The van der Waals surface area contributed by atoms with Crippen LogP contribution >= 0.6 is 11.3 Å². The third-order valence-corrected chi connectivity index (χ3v) is 6.38. The second-order valence-electron chi connectivity index (χ2n) is 7.78. The van der Waals surface area contributed by atoms with Crippen LogP contribution in [0.2, 0.25) is 0 Å². The highest BCUT2D eigenvalue weighted by Crippen LogP contribution is 2.35. The van der Waals surface area contributed by atoms with Gasteiger partial charge < -0.3 is 0 Å².